The molecule has 2 aromatic carbocycles. The molecule has 2 saturated heterocycles. The van der Waals surface area contributed by atoms with Crippen LogP contribution in [0, 0.1) is 11.8 Å². The molecule has 244 valence electrons. The normalized spacial score (nSPS) is 23.7. The summed E-state index contributed by atoms with van der Waals surface area (Å²) >= 11 is 0. The predicted octanol–water partition coefficient (Wildman–Crippen LogP) is 6.57. The van der Waals surface area contributed by atoms with Crippen LogP contribution in [0.1, 0.15) is 88.7 Å². The van der Waals surface area contributed by atoms with Gasteiger partial charge in [0.1, 0.15) is 6.61 Å². The van der Waals surface area contributed by atoms with Gasteiger partial charge in [0, 0.05) is 38.8 Å². The number of para-hydroxylation sites is 2. The fraction of sp³-hybridized carbons (Fsp3) is 0.622. The van der Waals surface area contributed by atoms with E-state index in [1.54, 1.807) is 0 Å². The van der Waals surface area contributed by atoms with Crippen LogP contribution in [0.4, 0.5) is 4.79 Å². The number of carbonyl (C=O) groups excluding carboxylic acids is 1. The highest BCUT2D eigenvalue weighted by molar-refractivity contribution is 5.76. The van der Waals surface area contributed by atoms with Crippen LogP contribution in [0.3, 0.4) is 0 Å². The van der Waals surface area contributed by atoms with Gasteiger partial charge in [-0.3, -0.25) is 9.13 Å². The van der Waals surface area contributed by atoms with Crippen molar-refractivity contribution < 1.29 is 9.53 Å². The smallest absolute Gasteiger partial charge is 0.410 e. The van der Waals surface area contributed by atoms with Crippen molar-refractivity contribution in [2.45, 2.75) is 102 Å². The molecule has 3 aliphatic rings. The van der Waals surface area contributed by atoms with Gasteiger partial charge in [0.25, 0.3) is 0 Å². The molecule has 3 heterocycles. The summed E-state index contributed by atoms with van der Waals surface area (Å²) in [6, 6.07) is 18.1. The molecule has 6 rings (SSSR count). The Morgan fingerprint density at radius 3 is 2.33 bits per heavy atom. The molecular weight excluding hydrogens is 562 g/mol. The SMILES string of the molecule is NCCC[C@@H]1CN(CC2CCCCCCC2)CC[C@H]1n1c(=O)n(C[C@@H]2CCCN2C(=O)OCc2ccccc2)c2ccccc21. The van der Waals surface area contributed by atoms with Gasteiger partial charge >= 0.3 is 11.8 Å². The second-order valence-corrected chi connectivity index (χ2v) is 13.8. The van der Waals surface area contributed by atoms with Gasteiger partial charge in [0.15, 0.2) is 0 Å². The van der Waals surface area contributed by atoms with Crippen molar-refractivity contribution in [1.29, 1.82) is 0 Å². The van der Waals surface area contributed by atoms with E-state index in [-0.39, 0.29) is 30.5 Å². The number of amides is 1. The third kappa shape index (κ3) is 7.66. The number of ether oxygens (including phenoxy) is 1. The fourth-order valence-corrected chi connectivity index (χ4v) is 8.36. The third-order valence-corrected chi connectivity index (χ3v) is 10.7. The van der Waals surface area contributed by atoms with Gasteiger partial charge in [0.05, 0.1) is 17.1 Å². The Hall–Kier alpha value is -3.10. The summed E-state index contributed by atoms with van der Waals surface area (Å²) in [7, 11) is 0. The highest BCUT2D eigenvalue weighted by atomic mass is 16.6. The minimum absolute atomic E-state index is 0.0527. The number of hydrogen-bond donors (Lipinski definition) is 1. The molecule has 3 atom stereocenters. The van der Waals surface area contributed by atoms with Crippen LogP contribution >= 0.6 is 0 Å². The van der Waals surface area contributed by atoms with Crippen LogP contribution < -0.4 is 11.4 Å². The van der Waals surface area contributed by atoms with Gasteiger partial charge in [-0.05, 0) is 81.0 Å². The molecule has 1 saturated carbocycles. The standard InChI is InChI=1S/C37H53N5O3/c38-22-11-17-31-26-39(25-29-13-5-2-1-3-6-14-29)24-21-33(31)42-35-20-10-9-19-34(35)41(36(42)43)27-32-18-12-23-40(32)37(44)45-28-30-15-7-4-8-16-30/h4,7-10,15-16,19-20,29,31-33H,1-3,5-6,11-14,17-18,21-28,38H2/t31-,32+,33-/m1/s1. The molecule has 0 spiro atoms. The first-order valence-electron chi connectivity index (χ1n) is 17.7. The van der Waals surface area contributed by atoms with Gasteiger partial charge < -0.3 is 20.3 Å². The van der Waals surface area contributed by atoms with E-state index in [1.165, 1.54) is 51.5 Å². The maximum absolute atomic E-state index is 14.4. The number of imidazole rings is 1. The van der Waals surface area contributed by atoms with E-state index in [9.17, 15) is 9.59 Å². The second kappa shape index (κ2) is 15.5. The summed E-state index contributed by atoms with van der Waals surface area (Å²) in [5.74, 6) is 1.19. The Balaban J connectivity index is 1.20. The Morgan fingerprint density at radius 1 is 0.822 bits per heavy atom. The Morgan fingerprint density at radius 2 is 1.56 bits per heavy atom. The zero-order valence-electron chi connectivity index (χ0n) is 27.0. The molecule has 1 amide bonds. The van der Waals surface area contributed by atoms with Crippen LogP contribution in [0.2, 0.25) is 0 Å². The first-order valence-corrected chi connectivity index (χ1v) is 17.7. The average Bonchev–Trinajstić information content (AvgIpc) is 3.63. The lowest BCUT2D eigenvalue weighted by Crippen LogP contribution is -2.46. The first kappa shape index (κ1) is 31.9. The molecule has 1 aromatic heterocycles. The molecular formula is C37H53N5O3. The highest BCUT2D eigenvalue weighted by Gasteiger charge is 2.35. The van der Waals surface area contributed by atoms with Crippen molar-refractivity contribution in [1.82, 2.24) is 18.9 Å². The largest absolute Gasteiger partial charge is 0.445 e. The number of hydrogen-bond acceptors (Lipinski definition) is 5. The predicted molar refractivity (Wildman–Crippen MR) is 180 cm³/mol. The van der Waals surface area contributed by atoms with Crippen LogP contribution in [-0.4, -0.2) is 63.8 Å². The summed E-state index contributed by atoms with van der Waals surface area (Å²) < 4.78 is 9.75. The fourth-order valence-electron chi connectivity index (χ4n) is 8.36. The van der Waals surface area contributed by atoms with E-state index < -0.39 is 0 Å². The Kier molecular flexibility index (Phi) is 10.9. The lowest BCUT2D eigenvalue weighted by Gasteiger charge is -2.41. The molecule has 3 aromatic rings. The quantitative estimate of drug-likeness (QED) is 0.279. The second-order valence-electron chi connectivity index (χ2n) is 13.8. The summed E-state index contributed by atoms with van der Waals surface area (Å²) in [4.78, 5) is 32.1. The van der Waals surface area contributed by atoms with Crippen molar-refractivity contribution in [2.24, 2.45) is 17.6 Å². The maximum Gasteiger partial charge on any atom is 0.410 e. The molecule has 0 bridgehead atoms. The third-order valence-electron chi connectivity index (χ3n) is 10.7. The molecule has 8 nitrogen and oxygen atoms in total. The highest BCUT2D eigenvalue weighted by Crippen LogP contribution is 2.35. The summed E-state index contributed by atoms with van der Waals surface area (Å²) in [5.41, 5.74) is 9.02. The van der Waals surface area contributed by atoms with Gasteiger partial charge in [-0.15, -0.1) is 0 Å². The molecule has 0 radical (unpaired) electrons. The first-order chi connectivity index (χ1) is 22.1. The molecule has 1 aliphatic carbocycles. The van der Waals surface area contributed by atoms with E-state index in [0.717, 1.165) is 67.7 Å². The number of nitrogens with two attached hydrogens (primary N) is 1. The summed E-state index contributed by atoms with van der Waals surface area (Å²) in [6.45, 7) is 5.35. The van der Waals surface area contributed by atoms with Crippen LogP contribution in [-0.2, 0) is 17.9 Å². The molecule has 0 unspecified atom stereocenters. The zero-order chi connectivity index (χ0) is 31.0. The van der Waals surface area contributed by atoms with Gasteiger partial charge in [-0.1, -0.05) is 74.6 Å². The molecule has 8 heteroatoms. The number of benzene rings is 2. The van der Waals surface area contributed by atoms with Crippen LogP contribution in [0.5, 0.6) is 0 Å². The van der Waals surface area contributed by atoms with Gasteiger partial charge in [-0.25, -0.2) is 9.59 Å². The maximum atomic E-state index is 14.4. The van der Waals surface area contributed by atoms with E-state index in [1.807, 2.05) is 51.9 Å². The number of rotatable bonds is 10. The lowest BCUT2D eigenvalue weighted by atomic mass is 9.86. The van der Waals surface area contributed by atoms with Crippen LogP contribution in [0.25, 0.3) is 11.0 Å². The zero-order valence-corrected chi connectivity index (χ0v) is 27.0. The van der Waals surface area contributed by atoms with E-state index in [4.69, 9.17) is 10.5 Å². The molecule has 2 aliphatic heterocycles. The Labute approximate surface area is 268 Å². The number of piperidine rings is 1. The summed E-state index contributed by atoms with van der Waals surface area (Å²) in [5, 5.41) is 0. The molecule has 3 fully saturated rings. The summed E-state index contributed by atoms with van der Waals surface area (Å²) in [6.07, 6.45) is 14.1. The van der Waals surface area contributed by atoms with Gasteiger partial charge in [-0.2, -0.15) is 0 Å². The van der Waals surface area contributed by atoms with Crippen LogP contribution in [0.15, 0.2) is 59.4 Å². The van der Waals surface area contributed by atoms with Crippen molar-refractivity contribution in [3.05, 3.63) is 70.6 Å². The number of fused-ring (bicyclic) bond motifs is 1. The number of aromatic nitrogens is 2. The number of nitrogens with zero attached hydrogens (tertiary/aromatic N) is 4. The van der Waals surface area contributed by atoms with E-state index in [0.29, 0.717) is 25.6 Å². The monoisotopic (exact) mass is 615 g/mol. The minimum Gasteiger partial charge on any atom is -0.445 e. The molecule has 2 N–H and O–H groups in total. The topological polar surface area (TPSA) is 85.7 Å². The van der Waals surface area contributed by atoms with E-state index in [2.05, 4.69) is 21.6 Å². The van der Waals surface area contributed by atoms with Crippen molar-refractivity contribution >= 4 is 17.1 Å². The van der Waals surface area contributed by atoms with Crippen molar-refractivity contribution in [3.63, 3.8) is 0 Å². The van der Waals surface area contributed by atoms with Crippen molar-refractivity contribution in [2.75, 3.05) is 32.7 Å². The van der Waals surface area contributed by atoms with Gasteiger partial charge in [0.2, 0.25) is 0 Å². The number of carbonyl (C=O) groups is 1. The lowest BCUT2D eigenvalue weighted by molar-refractivity contribution is 0.0887. The van der Waals surface area contributed by atoms with E-state index >= 15 is 0 Å². The number of likely N-dealkylation sites (tertiary alicyclic amines) is 2. The minimum atomic E-state index is -0.295. The average molecular weight is 616 g/mol. The Bertz CT molecular complexity index is 1430. The molecule has 45 heavy (non-hydrogen) atoms. The van der Waals surface area contributed by atoms with Crippen molar-refractivity contribution in [3.8, 4) is 0 Å².